The van der Waals surface area contributed by atoms with Crippen molar-refractivity contribution >= 4 is 77.3 Å². The molecule has 6 aliphatic rings. The second-order valence-corrected chi connectivity index (χ2v) is 27.6. The van der Waals surface area contributed by atoms with Crippen LogP contribution in [0.5, 0.6) is 0 Å². The van der Waals surface area contributed by atoms with E-state index in [4.69, 9.17) is 63.2 Å². The fraction of sp³-hybridized carbons (Fsp3) is 0.617. The Morgan fingerprint density at radius 2 is 1.41 bits per heavy atom. The minimum absolute atomic E-state index is 0.0151. The van der Waals surface area contributed by atoms with E-state index in [0.717, 1.165) is 11.1 Å². The van der Waals surface area contributed by atoms with Gasteiger partial charge < -0.3 is 69.4 Å². The molecule has 480 valence electrons. The maximum absolute atomic E-state index is 15.8. The molecule has 88 heavy (non-hydrogen) atoms. The summed E-state index contributed by atoms with van der Waals surface area (Å²) in [6, 6.07) is 2.47. The number of aliphatic imine (C=N–C) groups is 3. The quantitative estimate of drug-likeness (QED) is 0.0672. The van der Waals surface area contributed by atoms with Crippen molar-refractivity contribution in [1.29, 1.82) is 0 Å². The van der Waals surface area contributed by atoms with Gasteiger partial charge in [-0.05, 0) is 108 Å². The topological polar surface area (TPSA) is 460 Å². The average molecular weight is 1240 g/mol. The fourth-order valence-corrected chi connectivity index (χ4v) is 16.2. The molecule has 27 nitrogen and oxygen atoms in total. The van der Waals surface area contributed by atoms with E-state index in [1.165, 1.54) is 17.8 Å². The molecule has 1 aromatic heterocycles. The van der Waals surface area contributed by atoms with Crippen LogP contribution in [0, 0.1) is 59.2 Å². The number of nitrogens with two attached hydrogens (primary N) is 6. The number of fused-ring (bicyclic) bond motifs is 7. The van der Waals surface area contributed by atoms with Gasteiger partial charge in [0.1, 0.15) is 18.3 Å². The van der Waals surface area contributed by atoms with Gasteiger partial charge in [-0.3, -0.25) is 57.6 Å². The molecule has 28 heteroatoms. The lowest BCUT2D eigenvalue weighted by atomic mass is 9.56. The van der Waals surface area contributed by atoms with Gasteiger partial charge in [-0.1, -0.05) is 27.7 Å². The summed E-state index contributed by atoms with van der Waals surface area (Å²) < 4.78 is 32.7. The zero-order chi connectivity index (χ0) is 65.3. The highest BCUT2D eigenvalue weighted by atomic mass is 31.2. The van der Waals surface area contributed by atoms with Crippen LogP contribution in [-0.2, 0) is 51.9 Å². The Hall–Kier alpha value is -7.00. The zero-order valence-corrected chi connectivity index (χ0v) is 52.7. The van der Waals surface area contributed by atoms with Crippen LogP contribution in [-0.4, -0.2) is 132 Å². The minimum Gasteiger partial charge on any atom is -0.394 e. The monoisotopic (exact) mass is 1240 g/mol. The lowest BCUT2D eigenvalue weighted by Crippen LogP contribution is -2.58. The summed E-state index contributed by atoms with van der Waals surface area (Å²) in [7, 11) is -5.20. The molecule has 15 atom stereocenters. The molecule has 6 aliphatic heterocycles. The molecule has 7 amide bonds. The van der Waals surface area contributed by atoms with Crippen LogP contribution in [0.15, 0.2) is 67.8 Å². The molecule has 8 rings (SSSR count). The summed E-state index contributed by atoms with van der Waals surface area (Å²) in [6.07, 6.45) is -4.97. The summed E-state index contributed by atoms with van der Waals surface area (Å²) in [5.41, 5.74) is 35.3. The number of allylic oxidation sites excluding steroid dienone is 6. The molecule has 0 radical (unpaired) electrons. The van der Waals surface area contributed by atoms with Crippen molar-refractivity contribution in [2.45, 2.75) is 176 Å². The summed E-state index contributed by atoms with van der Waals surface area (Å²) in [4.78, 5) is 127. The average Bonchev–Trinajstić information content (AvgIpc) is 1.53. The van der Waals surface area contributed by atoms with Crippen LogP contribution in [0.2, 0.25) is 0 Å². The molecule has 2 saturated heterocycles. The van der Waals surface area contributed by atoms with Crippen LogP contribution in [0.4, 0.5) is 0 Å². The molecule has 2 fully saturated rings. The highest BCUT2D eigenvalue weighted by Crippen LogP contribution is 2.62. The van der Waals surface area contributed by atoms with Crippen LogP contribution in [0.25, 0.3) is 11.0 Å². The van der Waals surface area contributed by atoms with Crippen molar-refractivity contribution in [1.82, 2.24) is 20.2 Å². The Kier molecular flexibility index (Phi) is 18.6. The summed E-state index contributed by atoms with van der Waals surface area (Å²) in [5.74, 6) is -8.23. The summed E-state index contributed by atoms with van der Waals surface area (Å²) in [5, 5.41) is 28.5. The first kappa shape index (κ1) is 66.9. The number of rotatable bonds is 24. The third kappa shape index (κ3) is 12.0. The number of benzene rings is 1. The van der Waals surface area contributed by atoms with Crippen molar-refractivity contribution in [2.75, 3.05) is 13.2 Å². The molecule has 0 spiro atoms. The number of aliphatic hydroxyl groups excluding tert-OH is 2. The standard InChI is InChI=1S/C60H86N13O14P/c1-27-18-37-38(19-28(27)2)73(26-68-37)54-49(81)50(39(25-74)85-54)87-88(83,84)86-29(3)24-67-55(82)59(10)35(20-44(64)78)53-60(11)58(9,23-46(66)80)34(14-17-43(63)77)48(72-60)31(5)51-57(8,22-45(65)79)32(12-15-41(61)75)36(69-51)21-40-56(6,7)33(13-16-42(62)76)47(70-40)30(4)52(59)71-53/h18-19,21,26,29,32-35,39,49-50,53-54,69,74,81H,12-17,20,22-25H2,1-11H3,(H2,61,75)(H2,62,76)(H2,63,77)(H2,64,78)(H2,65,79)(H2,66,80)(H,67,82)(H,83,84)/b36-21-,47-30-,51-31-/t29-,32+,33+,34+,35-,39+,49+,50+,53?,54+,57-,58-,59+,60+/m0/s1. The number of amides is 7. The van der Waals surface area contributed by atoms with Crippen molar-refractivity contribution in [3.05, 3.63) is 63.9 Å². The predicted molar refractivity (Wildman–Crippen MR) is 324 cm³/mol. The van der Waals surface area contributed by atoms with Gasteiger partial charge >= 0.3 is 7.82 Å². The first-order valence-electron chi connectivity index (χ1n) is 29.6. The third-order valence-corrected chi connectivity index (χ3v) is 21.2. The molecular formula is C60H86N13O14P. The summed E-state index contributed by atoms with van der Waals surface area (Å²) in [6.45, 7) is 18.3. The van der Waals surface area contributed by atoms with E-state index in [-0.39, 0.29) is 57.1 Å². The van der Waals surface area contributed by atoms with E-state index in [0.29, 0.717) is 50.7 Å². The Morgan fingerprint density at radius 1 is 0.818 bits per heavy atom. The number of primary amides is 6. The van der Waals surface area contributed by atoms with Gasteiger partial charge in [-0.15, -0.1) is 0 Å². The molecule has 7 heterocycles. The van der Waals surface area contributed by atoms with Gasteiger partial charge in [-0.2, -0.15) is 0 Å². The fourth-order valence-electron chi connectivity index (χ4n) is 15.0. The van der Waals surface area contributed by atoms with Gasteiger partial charge in [0.2, 0.25) is 41.4 Å². The number of phosphoric ester groups is 1. The van der Waals surface area contributed by atoms with E-state index in [1.807, 2.05) is 52.8 Å². The second kappa shape index (κ2) is 24.4. The van der Waals surface area contributed by atoms with Gasteiger partial charge in [0.15, 0.2) is 6.23 Å². The number of carbonyl (C=O) groups excluding carboxylic acids is 7. The number of ether oxygens (including phenoxy) is 1. The first-order valence-corrected chi connectivity index (χ1v) is 31.1. The Balaban J connectivity index is 1.27. The lowest BCUT2D eigenvalue weighted by Gasteiger charge is -2.48. The summed E-state index contributed by atoms with van der Waals surface area (Å²) >= 11 is 0. The SMILES string of the molecule is C/C1=C2N=C(/C=C3\N/C(=C(/C)C4=N[C@](C)(C5N=C1[C@](C)(C(=O)NC[C@H](C)OP(=O)(O)O[C@H]1[C@@H](O)[C@H](n6cnc7cc(C)c(C)cc76)O[C@@H]1CO)[C@H]5CC(N)=O)[C@@](C)(CC(N)=O)[C@@H]4CCC(N)=O)[C@@](C)(CC(N)=O)[C@@H]3CCC(N)=O)C(C)(C)[C@@H]/2CCC(N)=O. The van der Waals surface area contributed by atoms with Crippen LogP contribution in [0.1, 0.15) is 137 Å². The van der Waals surface area contributed by atoms with Gasteiger partial charge in [-0.25, -0.2) is 9.55 Å². The number of imidazole rings is 1. The molecule has 2 unspecified atom stereocenters. The Bertz CT molecular complexity index is 3500. The normalized spacial score (nSPS) is 34.7. The number of hydrogen-bond acceptors (Lipinski definition) is 18. The van der Waals surface area contributed by atoms with E-state index in [9.17, 15) is 48.4 Å². The molecule has 8 bridgehead atoms. The smallest absolute Gasteiger partial charge is 0.394 e. The van der Waals surface area contributed by atoms with Gasteiger partial charge in [0, 0.05) is 114 Å². The number of aryl methyl sites for hydroxylation is 2. The second-order valence-electron chi connectivity index (χ2n) is 26.3. The van der Waals surface area contributed by atoms with Crippen LogP contribution >= 0.6 is 7.82 Å². The molecule has 0 saturated carbocycles. The highest BCUT2D eigenvalue weighted by molar-refractivity contribution is 7.47. The predicted octanol–water partition coefficient (Wildman–Crippen LogP) is 2.38. The van der Waals surface area contributed by atoms with Crippen molar-refractivity contribution in [2.24, 2.45) is 94.7 Å². The number of aliphatic hydroxyl groups is 2. The van der Waals surface area contributed by atoms with Gasteiger partial charge in [0.25, 0.3) is 0 Å². The van der Waals surface area contributed by atoms with Gasteiger partial charge in [0.05, 0.1) is 52.8 Å². The Labute approximate surface area is 510 Å². The molecule has 2 aromatic rings. The highest BCUT2D eigenvalue weighted by Gasteiger charge is 2.68. The first-order chi connectivity index (χ1) is 40.9. The van der Waals surface area contributed by atoms with E-state index < -0.39 is 156 Å². The number of hydrogen-bond donors (Lipinski definition) is 11. The molecule has 1 aromatic carbocycles. The zero-order valence-electron chi connectivity index (χ0n) is 51.8. The molecule has 17 N–H and O–H groups in total. The van der Waals surface area contributed by atoms with E-state index >= 15 is 4.79 Å². The Morgan fingerprint density at radius 3 is 1.99 bits per heavy atom. The van der Waals surface area contributed by atoms with Crippen LogP contribution < -0.4 is 45.0 Å². The molecular weight excluding hydrogens is 1160 g/mol. The maximum atomic E-state index is 15.8. The molecule has 0 aliphatic carbocycles. The van der Waals surface area contributed by atoms with E-state index in [1.54, 1.807) is 34.6 Å². The van der Waals surface area contributed by atoms with E-state index in [2.05, 4.69) is 15.6 Å². The van der Waals surface area contributed by atoms with Crippen molar-refractivity contribution < 1.29 is 67.0 Å². The number of phosphoric acid groups is 1. The van der Waals surface area contributed by atoms with Crippen LogP contribution in [0.3, 0.4) is 0 Å². The van der Waals surface area contributed by atoms with Crippen molar-refractivity contribution in [3.63, 3.8) is 0 Å². The number of carbonyl (C=O) groups is 7. The number of nitrogens with zero attached hydrogens (tertiary/aromatic N) is 5. The third-order valence-electron chi connectivity index (χ3n) is 20.0. The maximum Gasteiger partial charge on any atom is 0.472 e. The largest absolute Gasteiger partial charge is 0.472 e. The minimum atomic E-state index is -5.20. The lowest BCUT2D eigenvalue weighted by molar-refractivity contribution is -0.132. The number of nitrogens with one attached hydrogen (secondary N) is 2. The van der Waals surface area contributed by atoms with Crippen molar-refractivity contribution in [3.8, 4) is 0 Å². The number of aromatic nitrogens is 2.